The number of carbonyl (C=O) groups excluding carboxylic acids is 4. The lowest BCUT2D eigenvalue weighted by atomic mass is 10.1. The largest absolute Gasteiger partial charge is 0.495 e. The van der Waals surface area contributed by atoms with Crippen molar-refractivity contribution in [1.82, 2.24) is 0 Å². The van der Waals surface area contributed by atoms with Gasteiger partial charge in [-0.3, -0.25) is 19.2 Å². The molecule has 2 aromatic rings. The lowest BCUT2D eigenvalue weighted by molar-refractivity contribution is -0.122. The lowest BCUT2D eigenvalue weighted by Crippen LogP contribution is -2.32. The Morgan fingerprint density at radius 3 is 2.25 bits per heavy atom. The average Bonchev–Trinajstić information content (AvgIpc) is 3.13. The van der Waals surface area contributed by atoms with Gasteiger partial charge in [-0.25, -0.2) is 9.80 Å². The number of imide groups is 2. The Morgan fingerprint density at radius 2 is 1.57 bits per heavy atom. The summed E-state index contributed by atoms with van der Waals surface area (Å²) in [6.07, 6.45) is 0. The summed E-state index contributed by atoms with van der Waals surface area (Å²) in [5.41, 5.74) is 1.21. The Hall–Kier alpha value is -3.39. The second-order valence-electron chi connectivity index (χ2n) is 6.06. The second kappa shape index (κ2) is 6.65. The van der Waals surface area contributed by atoms with Gasteiger partial charge in [0, 0.05) is 12.5 Å². The van der Waals surface area contributed by atoms with Gasteiger partial charge in [0.25, 0.3) is 17.1 Å². The molecule has 1 saturated heterocycles. The van der Waals surface area contributed by atoms with E-state index in [0.29, 0.717) is 34.4 Å². The molecule has 1 fully saturated rings. The van der Waals surface area contributed by atoms with Crippen LogP contribution in [-0.4, -0.2) is 30.1 Å². The maximum Gasteiger partial charge on any atom is 0.298 e. The van der Waals surface area contributed by atoms with Crippen LogP contribution in [0.1, 0.15) is 12.5 Å². The van der Waals surface area contributed by atoms with Crippen LogP contribution in [0, 0.1) is 0 Å². The van der Waals surface area contributed by atoms with Gasteiger partial charge in [0.2, 0.25) is 5.91 Å². The lowest BCUT2D eigenvalue weighted by Gasteiger charge is -2.16. The molecule has 7 nitrogen and oxygen atoms in total. The van der Waals surface area contributed by atoms with Gasteiger partial charge in [-0.05, 0) is 30.0 Å². The molecule has 140 valence electrons. The second-order valence-corrected chi connectivity index (χ2v) is 7.02. The quantitative estimate of drug-likeness (QED) is 0.728. The number of carbonyl (C=O) groups is 4. The third-order valence-corrected chi connectivity index (χ3v) is 5.41. The van der Waals surface area contributed by atoms with Crippen LogP contribution in [0.2, 0.25) is 0 Å². The number of methoxy groups -OCH3 is 1. The van der Waals surface area contributed by atoms with Gasteiger partial charge in [-0.1, -0.05) is 30.3 Å². The molecule has 2 aromatic carbocycles. The highest BCUT2D eigenvalue weighted by Gasteiger charge is 2.45. The minimum absolute atomic E-state index is 0.00268. The Labute approximate surface area is 164 Å². The van der Waals surface area contributed by atoms with Crippen LogP contribution in [0.5, 0.6) is 5.75 Å². The van der Waals surface area contributed by atoms with E-state index in [1.165, 1.54) is 14.0 Å². The number of hydrogen-bond acceptors (Lipinski definition) is 6. The molecule has 0 bridgehead atoms. The number of fused-ring (bicyclic) bond motifs is 1. The van der Waals surface area contributed by atoms with Crippen LogP contribution in [-0.2, 0) is 14.4 Å². The van der Waals surface area contributed by atoms with Crippen molar-refractivity contribution in [1.29, 1.82) is 0 Å². The first kappa shape index (κ1) is 18.0. The first-order valence-electron chi connectivity index (χ1n) is 8.33. The van der Waals surface area contributed by atoms with Gasteiger partial charge in [-0.15, -0.1) is 0 Å². The molecule has 0 saturated carbocycles. The normalized spacial score (nSPS) is 18.7. The predicted molar refractivity (Wildman–Crippen MR) is 105 cm³/mol. The molecule has 0 aromatic heterocycles. The Kier molecular flexibility index (Phi) is 4.27. The smallest absolute Gasteiger partial charge is 0.298 e. The molecule has 0 spiro atoms. The molecule has 0 atom stereocenters. The van der Waals surface area contributed by atoms with E-state index in [0.717, 1.165) is 9.80 Å². The summed E-state index contributed by atoms with van der Waals surface area (Å²) in [6, 6.07) is 13.3. The summed E-state index contributed by atoms with van der Waals surface area (Å²) in [5, 5.41) is -0.538. The van der Waals surface area contributed by atoms with Gasteiger partial charge >= 0.3 is 0 Å². The number of thioether (sulfide) groups is 1. The summed E-state index contributed by atoms with van der Waals surface area (Å²) in [6.45, 7) is 1.28. The van der Waals surface area contributed by atoms with Crippen LogP contribution < -0.4 is 14.5 Å². The van der Waals surface area contributed by atoms with Crippen molar-refractivity contribution in [3.8, 4) is 5.75 Å². The molecule has 0 unspecified atom stereocenters. The first-order valence-corrected chi connectivity index (χ1v) is 9.15. The van der Waals surface area contributed by atoms with Crippen LogP contribution >= 0.6 is 11.8 Å². The van der Waals surface area contributed by atoms with E-state index in [2.05, 4.69) is 0 Å². The summed E-state index contributed by atoms with van der Waals surface area (Å²) < 4.78 is 5.25. The van der Waals surface area contributed by atoms with E-state index in [4.69, 9.17) is 4.74 Å². The Balaban J connectivity index is 1.87. The fourth-order valence-corrected chi connectivity index (χ4v) is 4.21. The number of amides is 4. The number of nitrogens with zero attached hydrogens (tertiary/aromatic N) is 2. The predicted octanol–water partition coefficient (Wildman–Crippen LogP) is 3.20. The van der Waals surface area contributed by atoms with Gasteiger partial charge < -0.3 is 4.74 Å². The van der Waals surface area contributed by atoms with Crippen LogP contribution in [0.15, 0.2) is 53.4 Å². The molecule has 4 amide bonds. The molecule has 2 aliphatic rings. The fraction of sp³-hybridized carbons (Fsp3) is 0.100. The molecule has 2 aliphatic heterocycles. The number of benzene rings is 2. The number of ether oxygens (including phenoxy) is 1. The highest BCUT2D eigenvalue weighted by Crippen LogP contribution is 2.46. The topological polar surface area (TPSA) is 84.0 Å². The minimum atomic E-state index is -0.622. The highest BCUT2D eigenvalue weighted by atomic mass is 32.2. The number of anilines is 2. The molecule has 0 aliphatic carbocycles. The van der Waals surface area contributed by atoms with E-state index in [-0.39, 0.29) is 10.5 Å². The van der Waals surface area contributed by atoms with Crippen LogP contribution in [0.4, 0.5) is 16.2 Å². The molecule has 0 N–H and O–H groups in total. The number of hydrogen-bond donors (Lipinski definition) is 0. The zero-order chi connectivity index (χ0) is 20.0. The SMILES string of the molecule is COc1ccccc1N1C(=O)S/C(=C2\C(=O)N(C(C)=O)c3ccccc32)C1=O. The van der Waals surface area contributed by atoms with Crippen molar-refractivity contribution in [3.05, 3.63) is 59.0 Å². The maximum absolute atomic E-state index is 13.1. The summed E-state index contributed by atoms with van der Waals surface area (Å²) in [4.78, 5) is 52.7. The van der Waals surface area contributed by atoms with E-state index in [1.807, 2.05) is 0 Å². The number of rotatable bonds is 2. The van der Waals surface area contributed by atoms with Crippen molar-refractivity contribution >= 4 is 51.7 Å². The van der Waals surface area contributed by atoms with Crippen LogP contribution in [0.25, 0.3) is 5.57 Å². The third kappa shape index (κ3) is 2.53. The Morgan fingerprint density at radius 1 is 0.929 bits per heavy atom. The standard InChI is InChI=1S/C20H14N2O5S/c1-11(23)21-13-8-4-3-7-12(13)16(18(21)24)17-19(25)22(20(26)28-17)14-9-5-6-10-15(14)27-2/h3-10H,1-2H3/b17-16-. The van der Waals surface area contributed by atoms with Crippen molar-refractivity contribution < 1.29 is 23.9 Å². The van der Waals surface area contributed by atoms with Gasteiger partial charge in [0.15, 0.2) is 0 Å². The molecule has 8 heteroatoms. The van der Waals surface area contributed by atoms with E-state index >= 15 is 0 Å². The zero-order valence-electron chi connectivity index (χ0n) is 15.0. The van der Waals surface area contributed by atoms with Crippen molar-refractivity contribution in [3.63, 3.8) is 0 Å². The van der Waals surface area contributed by atoms with E-state index < -0.39 is 23.0 Å². The van der Waals surface area contributed by atoms with Gasteiger partial charge in [-0.2, -0.15) is 0 Å². The average molecular weight is 394 g/mol. The van der Waals surface area contributed by atoms with Crippen molar-refractivity contribution in [2.75, 3.05) is 16.9 Å². The van der Waals surface area contributed by atoms with Gasteiger partial charge in [0.05, 0.1) is 29.0 Å². The molecular weight excluding hydrogens is 380 g/mol. The summed E-state index contributed by atoms with van der Waals surface area (Å²) in [7, 11) is 1.44. The van der Waals surface area contributed by atoms with Gasteiger partial charge in [0.1, 0.15) is 5.75 Å². The third-order valence-electron chi connectivity index (χ3n) is 4.47. The molecular formula is C20H14N2O5S. The maximum atomic E-state index is 13.1. The molecule has 4 rings (SSSR count). The van der Waals surface area contributed by atoms with Crippen LogP contribution in [0.3, 0.4) is 0 Å². The molecule has 28 heavy (non-hydrogen) atoms. The van der Waals surface area contributed by atoms with Crippen molar-refractivity contribution in [2.45, 2.75) is 6.92 Å². The summed E-state index contributed by atoms with van der Waals surface area (Å²) >= 11 is 0.677. The minimum Gasteiger partial charge on any atom is -0.495 e. The summed E-state index contributed by atoms with van der Waals surface area (Å²) in [5.74, 6) is -1.33. The van der Waals surface area contributed by atoms with E-state index in [1.54, 1.807) is 48.5 Å². The number of para-hydroxylation sites is 3. The molecule has 0 radical (unpaired) electrons. The van der Waals surface area contributed by atoms with E-state index in [9.17, 15) is 19.2 Å². The first-order chi connectivity index (χ1) is 13.5. The monoisotopic (exact) mass is 394 g/mol. The molecule has 2 heterocycles. The fourth-order valence-electron chi connectivity index (χ4n) is 3.29. The Bertz CT molecular complexity index is 1090. The van der Waals surface area contributed by atoms with Crippen molar-refractivity contribution in [2.24, 2.45) is 0 Å². The highest BCUT2D eigenvalue weighted by molar-refractivity contribution is 8.19. The zero-order valence-corrected chi connectivity index (χ0v) is 15.8.